The van der Waals surface area contributed by atoms with E-state index in [1.807, 2.05) is 6.92 Å². The van der Waals surface area contributed by atoms with Crippen LogP contribution < -0.4 is 0 Å². The normalized spacial score (nSPS) is 12.4. The number of non-ortho nitro benzene ring substituents is 1. The van der Waals surface area contributed by atoms with Crippen molar-refractivity contribution in [2.24, 2.45) is 0 Å². The minimum atomic E-state index is -0.516. The van der Waals surface area contributed by atoms with Gasteiger partial charge in [-0.3, -0.25) is 10.1 Å². The summed E-state index contributed by atoms with van der Waals surface area (Å²) >= 11 is 0. The van der Waals surface area contributed by atoms with Gasteiger partial charge in [-0.25, -0.2) is 4.79 Å². The zero-order valence-electron chi connectivity index (χ0n) is 9.62. The van der Waals surface area contributed by atoms with Gasteiger partial charge in [-0.1, -0.05) is 6.08 Å². The first-order valence-corrected chi connectivity index (χ1v) is 5.13. The highest BCUT2D eigenvalue weighted by molar-refractivity contribution is 5.89. The second-order valence-electron chi connectivity index (χ2n) is 3.44. The molecule has 0 saturated carbocycles. The number of benzene rings is 1. The predicted octanol–water partition coefficient (Wildman–Crippen LogP) is 2.72. The molecule has 17 heavy (non-hydrogen) atoms. The van der Waals surface area contributed by atoms with Gasteiger partial charge in [0.2, 0.25) is 0 Å². The molecule has 1 aromatic carbocycles. The van der Waals surface area contributed by atoms with Crippen LogP contribution in [0.4, 0.5) is 5.69 Å². The second-order valence-corrected chi connectivity index (χ2v) is 3.44. The Hall–Kier alpha value is -2.17. The standard InChI is InChI=1S/C12H13NO4/c1-3-4-9(2)17-12(14)10-5-7-11(8-6-10)13(15)16/h3-9H,1-2H3/b4-3+. The summed E-state index contributed by atoms with van der Waals surface area (Å²) in [5.41, 5.74) is 0.245. The summed E-state index contributed by atoms with van der Waals surface area (Å²) in [4.78, 5) is 21.5. The molecule has 1 unspecified atom stereocenters. The van der Waals surface area contributed by atoms with Gasteiger partial charge in [-0.15, -0.1) is 0 Å². The molecule has 0 bridgehead atoms. The number of hydrogen-bond donors (Lipinski definition) is 0. The number of rotatable bonds is 4. The number of allylic oxidation sites excluding steroid dienone is 1. The van der Waals surface area contributed by atoms with Crippen molar-refractivity contribution in [3.8, 4) is 0 Å². The Balaban J connectivity index is 2.73. The minimum Gasteiger partial charge on any atom is -0.455 e. The van der Waals surface area contributed by atoms with Crippen LogP contribution in [0.5, 0.6) is 0 Å². The van der Waals surface area contributed by atoms with E-state index in [9.17, 15) is 14.9 Å². The fourth-order valence-corrected chi connectivity index (χ4v) is 1.27. The summed E-state index contributed by atoms with van der Waals surface area (Å²) in [6.07, 6.45) is 3.21. The van der Waals surface area contributed by atoms with E-state index in [1.165, 1.54) is 24.3 Å². The van der Waals surface area contributed by atoms with Gasteiger partial charge in [-0.05, 0) is 32.1 Å². The molecule has 90 valence electrons. The van der Waals surface area contributed by atoms with Crippen LogP contribution in [0.3, 0.4) is 0 Å². The second kappa shape index (κ2) is 5.79. The summed E-state index contributed by atoms with van der Waals surface area (Å²) < 4.78 is 5.08. The maximum absolute atomic E-state index is 11.6. The molecule has 5 nitrogen and oxygen atoms in total. The van der Waals surface area contributed by atoms with Crippen LogP contribution in [0.1, 0.15) is 24.2 Å². The van der Waals surface area contributed by atoms with E-state index in [2.05, 4.69) is 0 Å². The number of carbonyl (C=O) groups excluding carboxylic acids is 1. The van der Waals surface area contributed by atoms with Crippen molar-refractivity contribution in [3.05, 3.63) is 52.1 Å². The Morgan fingerprint density at radius 1 is 1.41 bits per heavy atom. The summed E-state index contributed by atoms with van der Waals surface area (Å²) in [6.45, 7) is 3.57. The van der Waals surface area contributed by atoms with Crippen LogP contribution in [0.2, 0.25) is 0 Å². The first-order valence-electron chi connectivity index (χ1n) is 5.13. The molecule has 0 aliphatic carbocycles. The van der Waals surface area contributed by atoms with Gasteiger partial charge in [0, 0.05) is 12.1 Å². The van der Waals surface area contributed by atoms with Gasteiger partial charge in [0.05, 0.1) is 10.5 Å². The molecule has 0 heterocycles. The summed E-state index contributed by atoms with van der Waals surface area (Å²) in [6, 6.07) is 5.31. The lowest BCUT2D eigenvalue weighted by atomic mass is 10.2. The van der Waals surface area contributed by atoms with Crippen molar-refractivity contribution in [3.63, 3.8) is 0 Å². The zero-order valence-corrected chi connectivity index (χ0v) is 9.62. The number of nitro benzene ring substituents is 1. The van der Waals surface area contributed by atoms with Crippen LogP contribution in [0.15, 0.2) is 36.4 Å². The first-order chi connectivity index (χ1) is 8.04. The lowest BCUT2D eigenvalue weighted by Gasteiger charge is -2.08. The van der Waals surface area contributed by atoms with Crippen molar-refractivity contribution >= 4 is 11.7 Å². The number of nitrogens with zero attached hydrogens (tertiary/aromatic N) is 1. The minimum absolute atomic E-state index is 0.0527. The van der Waals surface area contributed by atoms with Crippen molar-refractivity contribution in [2.45, 2.75) is 20.0 Å². The Morgan fingerprint density at radius 3 is 2.47 bits per heavy atom. The number of carbonyl (C=O) groups is 1. The average Bonchev–Trinajstić information content (AvgIpc) is 2.29. The average molecular weight is 235 g/mol. The quantitative estimate of drug-likeness (QED) is 0.348. The van der Waals surface area contributed by atoms with Crippen molar-refractivity contribution in [1.82, 2.24) is 0 Å². The van der Waals surface area contributed by atoms with Crippen LogP contribution >= 0.6 is 0 Å². The summed E-state index contributed by atoms with van der Waals surface area (Å²) in [5.74, 6) is -0.495. The third kappa shape index (κ3) is 3.71. The molecular weight excluding hydrogens is 222 g/mol. The van der Waals surface area contributed by atoms with E-state index >= 15 is 0 Å². The van der Waals surface area contributed by atoms with E-state index in [0.29, 0.717) is 5.56 Å². The number of ether oxygens (including phenoxy) is 1. The van der Waals surface area contributed by atoms with Crippen LogP contribution in [-0.2, 0) is 4.74 Å². The summed E-state index contributed by atoms with van der Waals surface area (Å²) in [5, 5.41) is 10.4. The Labute approximate surface area is 98.9 Å². The number of hydrogen-bond acceptors (Lipinski definition) is 4. The van der Waals surface area contributed by atoms with Crippen LogP contribution in [0.25, 0.3) is 0 Å². The molecule has 0 radical (unpaired) electrons. The van der Waals surface area contributed by atoms with E-state index < -0.39 is 10.9 Å². The molecule has 0 spiro atoms. The third-order valence-electron chi connectivity index (χ3n) is 2.07. The van der Waals surface area contributed by atoms with E-state index in [-0.39, 0.29) is 11.8 Å². The molecule has 1 aromatic rings. The van der Waals surface area contributed by atoms with Crippen molar-refractivity contribution in [2.75, 3.05) is 0 Å². The highest BCUT2D eigenvalue weighted by Crippen LogP contribution is 2.13. The molecule has 0 aliphatic heterocycles. The predicted molar refractivity (Wildman–Crippen MR) is 62.8 cm³/mol. The highest BCUT2D eigenvalue weighted by Gasteiger charge is 2.12. The summed E-state index contributed by atoms with van der Waals surface area (Å²) in [7, 11) is 0. The SMILES string of the molecule is C/C=C/C(C)OC(=O)c1ccc([N+](=O)[O-])cc1. The van der Waals surface area contributed by atoms with E-state index in [1.54, 1.807) is 19.1 Å². The largest absolute Gasteiger partial charge is 0.455 e. The monoisotopic (exact) mass is 235 g/mol. The Kier molecular flexibility index (Phi) is 4.39. The molecule has 0 aromatic heterocycles. The lowest BCUT2D eigenvalue weighted by Crippen LogP contribution is -2.12. The molecule has 0 saturated heterocycles. The fourth-order valence-electron chi connectivity index (χ4n) is 1.27. The van der Waals surface area contributed by atoms with Gasteiger partial charge < -0.3 is 4.74 Å². The van der Waals surface area contributed by atoms with Crippen LogP contribution in [-0.4, -0.2) is 17.0 Å². The van der Waals surface area contributed by atoms with Crippen molar-refractivity contribution in [1.29, 1.82) is 0 Å². The Morgan fingerprint density at radius 2 is 2.00 bits per heavy atom. The highest BCUT2D eigenvalue weighted by atomic mass is 16.6. The van der Waals surface area contributed by atoms with Gasteiger partial charge in [0.25, 0.3) is 5.69 Å². The molecule has 0 fully saturated rings. The fraction of sp³-hybridized carbons (Fsp3) is 0.250. The Bertz CT molecular complexity index is 436. The molecule has 1 rings (SSSR count). The van der Waals surface area contributed by atoms with Gasteiger partial charge in [0.15, 0.2) is 0 Å². The van der Waals surface area contributed by atoms with Crippen molar-refractivity contribution < 1.29 is 14.5 Å². The maximum atomic E-state index is 11.6. The van der Waals surface area contributed by atoms with E-state index in [4.69, 9.17) is 4.74 Å². The zero-order chi connectivity index (χ0) is 12.8. The molecule has 0 N–H and O–H groups in total. The number of esters is 1. The molecular formula is C12H13NO4. The third-order valence-corrected chi connectivity index (χ3v) is 2.07. The molecule has 0 amide bonds. The van der Waals surface area contributed by atoms with Gasteiger partial charge in [-0.2, -0.15) is 0 Å². The topological polar surface area (TPSA) is 69.4 Å². The molecule has 5 heteroatoms. The maximum Gasteiger partial charge on any atom is 0.338 e. The number of nitro groups is 1. The molecule has 1 atom stereocenters. The van der Waals surface area contributed by atoms with E-state index in [0.717, 1.165) is 0 Å². The smallest absolute Gasteiger partial charge is 0.338 e. The molecule has 0 aliphatic rings. The first kappa shape index (κ1) is 12.9. The van der Waals surface area contributed by atoms with Crippen LogP contribution in [0, 0.1) is 10.1 Å². The van der Waals surface area contributed by atoms with Gasteiger partial charge in [0.1, 0.15) is 6.10 Å². The van der Waals surface area contributed by atoms with Gasteiger partial charge >= 0.3 is 5.97 Å². The lowest BCUT2D eigenvalue weighted by molar-refractivity contribution is -0.384.